The third-order valence-electron chi connectivity index (χ3n) is 4.68. The van der Waals surface area contributed by atoms with Crippen molar-refractivity contribution < 1.29 is 9.53 Å². The number of piperazine rings is 1. The summed E-state index contributed by atoms with van der Waals surface area (Å²) in [6.07, 6.45) is -0.263. The van der Waals surface area contributed by atoms with Crippen molar-refractivity contribution in [3.8, 4) is 0 Å². The Balaban J connectivity index is 1.44. The number of nitrogens with zero attached hydrogens (tertiary/aromatic N) is 4. The molecule has 0 aliphatic carbocycles. The molecule has 2 aromatic carbocycles. The molecule has 1 N–H and O–H groups in total. The smallest absolute Gasteiger partial charge is 0.409 e. The summed E-state index contributed by atoms with van der Waals surface area (Å²) in [4.78, 5) is 24.9. The Morgan fingerprint density at radius 2 is 1.61 bits per heavy atom. The van der Waals surface area contributed by atoms with Gasteiger partial charge in [-0.05, 0) is 49.5 Å². The minimum absolute atomic E-state index is 0.263. The highest BCUT2D eigenvalue weighted by Gasteiger charge is 2.23. The van der Waals surface area contributed by atoms with Crippen LogP contribution in [0.4, 0.5) is 10.5 Å². The van der Waals surface area contributed by atoms with Gasteiger partial charge in [-0.1, -0.05) is 12.1 Å². The zero-order valence-electron chi connectivity index (χ0n) is 15.6. The van der Waals surface area contributed by atoms with Crippen molar-refractivity contribution in [1.29, 1.82) is 0 Å². The monoisotopic (exact) mass is 395 g/mol. The van der Waals surface area contributed by atoms with E-state index in [-0.39, 0.29) is 6.09 Å². The van der Waals surface area contributed by atoms with Crippen molar-refractivity contribution in [3.05, 3.63) is 42.5 Å². The first kappa shape index (κ1) is 18.4. The highest BCUT2D eigenvalue weighted by atomic mass is 32.1. The maximum Gasteiger partial charge on any atom is 0.409 e. The van der Waals surface area contributed by atoms with Crippen LogP contribution in [0.5, 0.6) is 0 Å². The van der Waals surface area contributed by atoms with E-state index >= 15 is 0 Å². The Kier molecular flexibility index (Phi) is 5.21. The second-order valence-corrected chi connectivity index (χ2v) is 6.91. The predicted molar refractivity (Wildman–Crippen MR) is 113 cm³/mol. The normalized spacial score (nSPS) is 14.3. The Labute approximate surface area is 168 Å². The lowest BCUT2D eigenvalue weighted by molar-refractivity contribution is 0.0923. The molecule has 1 saturated heterocycles. The molecule has 0 unspecified atom stereocenters. The molecule has 0 bridgehead atoms. The summed E-state index contributed by atoms with van der Waals surface area (Å²) in [5.41, 5.74) is 4.28. The molecule has 2 heterocycles. The number of amides is 1. The van der Waals surface area contributed by atoms with E-state index in [0.717, 1.165) is 27.8 Å². The van der Waals surface area contributed by atoms with Gasteiger partial charge in [0.1, 0.15) is 0 Å². The van der Waals surface area contributed by atoms with Gasteiger partial charge in [-0.25, -0.2) is 14.8 Å². The summed E-state index contributed by atoms with van der Waals surface area (Å²) in [5, 5.41) is 3.91. The fourth-order valence-electron chi connectivity index (χ4n) is 3.21. The van der Waals surface area contributed by atoms with Crippen LogP contribution in [0.25, 0.3) is 22.1 Å². The number of benzene rings is 2. The fraction of sp³-hybridized carbons (Fsp3) is 0.300. The lowest BCUT2D eigenvalue weighted by atomic mass is 10.2. The molecule has 7 nitrogen and oxygen atoms in total. The van der Waals surface area contributed by atoms with Crippen LogP contribution in [-0.4, -0.2) is 63.8 Å². The van der Waals surface area contributed by atoms with E-state index in [1.807, 2.05) is 49.4 Å². The molecule has 0 atom stereocenters. The second kappa shape index (κ2) is 7.93. The summed E-state index contributed by atoms with van der Waals surface area (Å²) in [7, 11) is 0. The SMILES string of the molecule is CCOC(=O)N1CCN(C(=S)Nc2ccc3nc4ccccc4nc3c2)CC1. The number of aromatic nitrogens is 2. The van der Waals surface area contributed by atoms with E-state index in [1.165, 1.54) is 0 Å². The lowest BCUT2D eigenvalue weighted by Crippen LogP contribution is -2.51. The fourth-order valence-corrected chi connectivity index (χ4v) is 3.51. The van der Waals surface area contributed by atoms with Gasteiger partial charge >= 0.3 is 6.09 Å². The zero-order chi connectivity index (χ0) is 19.5. The number of para-hydroxylation sites is 2. The Bertz CT molecular complexity index is 1030. The molecule has 28 heavy (non-hydrogen) atoms. The van der Waals surface area contributed by atoms with Gasteiger partial charge in [-0.15, -0.1) is 0 Å². The number of hydrogen-bond acceptors (Lipinski definition) is 5. The Morgan fingerprint density at radius 3 is 2.29 bits per heavy atom. The van der Waals surface area contributed by atoms with Crippen LogP contribution in [0.3, 0.4) is 0 Å². The Hall–Kier alpha value is -3.00. The van der Waals surface area contributed by atoms with Gasteiger partial charge in [0.05, 0.1) is 28.7 Å². The van der Waals surface area contributed by atoms with Gasteiger partial charge in [0.15, 0.2) is 5.11 Å². The molecule has 1 aromatic heterocycles. The van der Waals surface area contributed by atoms with Crippen molar-refractivity contribution in [1.82, 2.24) is 19.8 Å². The average Bonchev–Trinajstić information content (AvgIpc) is 2.72. The average molecular weight is 395 g/mol. The van der Waals surface area contributed by atoms with Gasteiger partial charge in [0.25, 0.3) is 0 Å². The van der Waals surface area contributed by atoms with Crippen LogP contribution in [0, 0.1) is 0 Å². The molecular weight excluding hydrogens is 374 g/mol. The van der Waals surface area contributed by atoms with E-state index in [4.69, 9.17) is 17.0 Å². The van der Waals surface area contributed by atoms with Crippen molar-refractivity contribution in [2.45, 2.75) is 6.92 Å². The summed E-state index contributed by atoms with van der Waals surface area (Å²) in [6, 6.07) is 13.7. The van der Waals surface area contributed by atoms with E-state index in [2.05, 4.69) is 20.2 Å². The summed E-state index contributed by atoms with van der Waals surface area (Å²) in [5.74, 6) is 0. The van der Waals surface area contributed by atoms with Gasteiger partial charge in [-0.2, -0.15) is 0 Å². The standard InChI is InChI=1S/C20H21N5O2S/c1-2-27-20(26)25-11-9-24(10-12-25)19(28)21-14-7-8-17-18(13-14)23-16-6-4-3-5-15(16)22-17/h3-8,13H,2,9-12H2,1H3,(H,21,28). The molecule has 144 valence electrons. The molecule has 8 heteroatoms. The highest BCUT2D eigenvalue weighted by molar-refractivity contribution is 7.80. The maximum atomic E-state index is 11.8. The number of hydrogen-bond donors (Lipinski definition) is 1. The quantitative estimate of drug-likeness (QED) is 0.527. The van der Waals surface area contributed by atoms with Crippen molar-refractivity contribution >= 4 is 51.2 Å². The molecule has 1 aliphatic heterocycles. The minimum atomic E-state index is -0.263. The molecule has 1 amide bonds. The number of nitrogens with one attached hydrogen (secondary N) is 1. The zero-order valence-corrected chi connectivity index (χ0v) is 16.4. The minimum Gasteiger partial charge on any atom is -0.450 e. The molecule has 0 radical (unpaired) electrons. The van der Waals surface area contributed by atoms with E-state index in [9.17, 15) is 4.79 Å². The molecule has 3 aromatic rings. The first-order valence-corrected chi connectivity index (χ1v) is 9.69. The molecular formula is C20H21N5O2S. The van der Waals surface area contributed by atoms with E-state index in [0.29, 0.717) is 37.9 Å². The molecule has 0 saturated carbocycles. The molecule has 0 spiro atoms. The topological polar surface area (TPSA) is 70.6 Å². The van der Waals surface area contributed by atoms with E-state index in [1.54, 1.807) is 4.90 Å². The van der Waals surface area contributed by atoms with Crippen molar-refractivity contribution in [2.75, 3.05) is 38.1 Å². The van der Waals surface area contributed by atoms with Crippen LogP contribution in [0.15, 0.2) is 42.5 Å². The molecule has 1 fully saturated rings. The van der Waals surface area contributed by atoms with Gasteiger partial charge in [0.2, 0.25) is 0 Å². The third kappa shape index (κ3) is 3.82. The summed E-state index contributed by atoms with van der Waals surface area (Å²) in [6.45, 7) is 4.72. The van der Waals surface area contributed by atoms with Gasteiger partial charge < -0.3 is 19.9 Å². The number of thiocarbonyl (C=S) groups is 1. The first-order valence-electron chi connectivity index (χ1n) is 9.28. The van der Waals surface area contributed by atoms with Crippen molar-refractivity contribution in [3.63, 3.8) is 0 Å². The number of carbonyl (C=O) groups excluding carboxylic acids is 1. The number of ether oxygens (including phenoxy) is 1. The van der Waals surface area contributed by atoms with Crippen LogP contribution < -0.4 is 5.32 Å². The predicted octanol–water partition coefficient (Wildman–Crippen LogP) is 3.25. The first-order chi connectivity index (χ1) is 13.6. The van der Waals surface area contributed by atoms with Crippen LogP contribution >= 0.6 is 12.2 Å². The number of rotatable bonds is 2. The second-order valence-electron chi connectivity index (χ2n) is 6.52. The van der Waals surface area contributed by atoms with Crippen molar-refractivity contribution in [2.24, 2.45) is 0 Å². The van der Waals surface area contributed by atoms with Crippen LogP contribution in [0.2, 0.25) is 0 Å². The maximum absolute atomic E-state index is 11.8. The van der Waals surface area contributed by atoms with Crippen LogP contribution in [0.1, 0.15) is 6.92 Å². The lowest BCUT2D eigenvalue weighted by Gasteiger charge is -2.35. The Morgan fingerprint density at radius 1 is 1.00 bits per heavy atom. The third-order valence-corrected chi connectivity index (χ3v) is 5.04. The van der Waals surface area contributed by atoms with Crippen LogP contribution in [-0.2, 0) is 4.74 Å². The van der Waals surface area contributed by atoms with E-state index < -0.39 is 0 Å². The van der Waals surface area contributed by atoms with Gasteiger partial charge in [-0.3, -0.25) is 0 Å². The summed E-state index contributed by atoms with van der Waals surface area (Å²) >= 11 is 5.56. The number of fused-ring (bicyclic) bond motifs is 2. The number of anilines is 1. The van der Waals surface area contributed by atoms with Gasteiger partial charge in [0, 0.05) is 31.9 Å². The highest BCUT2D eigenvalue weighted by Crippen LogP contribution is 2.20. The molecule has 4 rings (SSSR count). The largest absolute Gasteiger partial charge is 0.450 e. The summed E-state index contributed by atoms with van der Waals surface area (Å²) < 4.78 is 5.05. The number of carbonyl (C=O) groups is 1. The molecule has 1 aliphatic rings.